The molecule has 16 heavy (non-hydrogen) atoms. The fraction of sp³-hybridized carbons (Fsp3) is 0.455. The lowest BCUT2D eigenvalue weighted by Crippen LogP contribution is -2.07. The number of ether oxygens (including phenoxy) is 1. The molecule has 0 saturated carbocycles. The monoisotopic (exact) mass is 252 g/mol. The largest absolute Gasteiger partial charge is 0.496 e. The van der Waals surface area contributed by atoms with Crippen molar-refractivity contribution in [3.8, 4) is 5.75 Å². The first-order chi connectivity index (χ1) is 7.27. The third-order valence-corrected chi connectivity index (χ3v) is 2.53. The maximum atomic E-state index is 12.5. The highest BCUT2D eigenvalue weighted by Crippen LogP contribution is 2.39. The van der Waals surface area contributed by atoms with Gasteiger partial charge in [0.15, 0.2) is 0 Å². The Morgan fingerprint density at radius 3 is 2.19 bits per heavy atom. The molecule has 1 aromatic rings. The van der Waals surface area contributed by atoms with E-state index in [1.54, 1.807) is 0 Å². The summed E-state index contributed by atoms with van der Waals surface area (Å²) in [6.45, 7) is 3.69. The molecule has 1 aromatic carbocycles. The summed E-state index contributed by atoms with van der Waals surface area (Å²) in [6, 6.07) is 1.90. The number of hydrogen-bond acceptors (Lipinski definition) is 1. The van der Waals surface area contributed by atoms with Crippen LogP contribution < -0.4 is 4.74 Å². The van der Waals surface area contributed by atoms with E-state index in [9.17, 15) is 13.2 Å². The summed E-state index contributed by atoms with van der Waals surface area (Å²) in [5.41, 5.74) is -0.198. The molecule has 0 fully saturated rings. The van der Waals surface area contributed by atoms with Gasteiger partial charge in [-0.25, -0.2) is 0 Å². The molecular formula is C11H12ClF3O. The van der Waals surface area contributed by atoms with Gasteiger partial charge in [-0.15, -0.1) is 0 Å². The van der Waals surface area contributed by atoms with E-state index in [0.717, 1.165) is 12.1 Å². The third-order valence-electron chi connectivity index (χ3n) is 2.22. The van der Waals surface area contributed by atoms with Crippen molar-refractivity contribution < 1.29 is 17.9 Å². The Balaban J connectivity index is 3.38. The molecule has 0 aliphatic heterocycles. The second-order valence-corrected chi connectivity index (χ2v) is 4.13. The minimum Gasteiger partial charge on any atom is -0.496 e. The highest BCUT2D eigenvalue weighted by Gasteiger charge is 2.32. The van der Waals surface area contributed by atoms with E-state index < -0.39 is 11.7 Å². The van der Waals surface area contributed by atoms with Crippen LogP contribution in [0.2, 0.25) is 5.02 Å². The first-order valence-corrected chi connectivity index (χ1v) is 5.09. The molecule has 0 spiro atoms. The quantitative estimate of drug-likeness (QED) is 0.753. The molecule has 0 saturated heterocycles. The van der Waals surface area contributed by atoms with Crippen LogP contribution in [-0.4, -0.2) is 7.11 Å². The Morgan fingerprint density at radius 1 is 1.25 bits per heavy atom. The van der Waals surface area contributed by atoms with Crippen molar-refractivity contribution in [2.75, 3.05) is 7.11 Å². The maximum absolute atomic E-state index is 12.5. The van der Waals surface area contributed by atoms with Crippen molar-refractivity contribution in [2.45, 2.75) is 25.9 Å². The third kappa shape index (κ3) is 2.61. The second-order valence-electron chi connectivity index (χ2n) is 3.73. The van der Waals surface area contributed by atoms with E-state index in [0.29, 0.717) is 5.56 Å². The molecule has 90 valence electrons. The van der Waals surface area contributed by atoms with Crippen LogP contribution in [0.3, 0.4) is 0 Å². The number of hydrogen-bond donors (Lipinski definition) is 0. The SMILES string of the molecule is COc1cc(C(F)(F)F)cc(Cl)c1C(C)C. The van der Waals surface area contributed by atoms with Crippen LogP contribution in [-0.2, 0) is 6.18 Å². The first kappa shape index (κ1) is 13.2. The van der Waals surface area contributed by atoms with Gasteiger partial charge in [0.1, 0.15) is 5.75 Å². The Labute approximate surface area is 97.2 Å². The van der Waals surface area contributed by atoms with Gasteiger partial charge in [-0.3, -0.25) is 0 Å². The zero-order valence-corrected chi connectivity index (χ0v) is 9.91. The summed E-state index contributed by atoms with van der Waals surface area (Å²) in [7, 11) is 1.33. The van der Waals surface area contributed by atoms with Gasteiger partial charge in [-0.2, -0.15) is 13.2 Å². The normalized spacial score (nSPS) is 12.0. The lowest BCUT2D eigenvalue weighted by molar-refractivity contribution is -0.137. The Hall–Kier alpha value is -0.900. The Bertz CT molecular complexity index is 386. The fourth-order valence-corrected chi connectivity index (χ4v) is 1.91. The highest BCUT2D eigenvalue weighted by molar-refractivity contribution is 6.31. The van der Waals surface area contributed by atoms with E-state index in [1.165, 1.54) is 7.11 Å². The van der Waals surface area contributed by atoms with Gasteiger partial charge in [0, 0.05) is 10.6 Å². The lowest BCUT2D eigenvalue weighted by atomic mass is 10.00. The second kappa shape index (κ2) is 4.53. The Kier molecular flexibility index (Phi) is 3.73. The number of benzene rings is 1. The molecular weight excluding hydrogens is 241 g/mol. The van der Waals surface area contributed by atoms with Crippen molar-refractivity contribution >= 4 is 11.6 Å². The Morgan fingerprint density at radius 2 is 1.81 bits per heavy atom. The van der Waals surface area contributed by atoms with Crippen LogP contribution in [0.5, 0.6) is 5.75 Å². The van der Waals surface area contributed by atoms with Gasteiger partial charge in [0.05, 0.1) is 12.7 Å². The first-order valence-electron chi connectivity index (χ1n) is 4.72. The van der Waals surface area contributed by atoms with Crippen molar-refractivity contribution in [3.63, 3.8) is 0 Å². The van der Waals surface area contributed by atoms with Crippen LogP contribution in [0, 0.1) is 0 Å². The van der Waals surface area contributed by atoms with Crippen LogP contribution >= 0.6 is 11.6 Å². The summed E-state index contributed by atoms with van der Waals surface area (Å²) in [5.74, 6) is 0.180. The minimum absolute atomic E-state index is 0.00438. The predicted octanol–water partition coefficient (Wildman–Crippen LogP) is 4.49. The number of alkyl halides is 3. The minimum atomic E-state index is -4.41. The van der Waals surface area contributed by atoms with Gasteiger partial charge < -0.3 is 4.74 Å². The zero-order chi connectivity index (χ0) is 12.5. The summed E-state index contributed by atoms with van der Waals surface area (Å²) in [6.07, 6.45) is -4.41. The molecule has 0 amide bonds. The van der Waals surface area contributed by atoms with Gasteiger partial charge in [0.25, 0.3) is 0 Å². The van der Waals surface area contributed by atoms with Crippen LogP contribution in [0.1, 0.15) is 30.9 Å². The molecule has 0 radical (unpaired) electrons. The lowest BCUT2D eigenvalue weighted by Gasteiger charge is -2.16. The van der Waals surface area contributed by atoms with E-state index in [1.807, 2.05) is 13.8 Å². The van der Waals surface area contributed by atoms with Crippen LogP contribution in [0.4, 0.5) is 13.2 Å². The van der Waals surface area contributed by atoms with Crippen LogP contribution in [0.15, 0.2) is 12.1 Å². The topological polar surface area (TPSA) is 9.23 Å². The molecule has 0 aliphatic rings. The summed E-state index contributed by atoms with van der Waals surface area (Å²) < 4.78 is 42.4. The summed E-state index contributed by atoms with van der Waals surface area (Å²) in [5, 5.41) is 0.0849. The average molecular weight is 253 g/mol. The maximum Gasteiger partial charge on any atom is 0.416 e. The molecule has 0 aliphatic carbocycles. The van der Waals surface area contributed by atoms with E-state index >= 15 is 0 Å². The molecule has 0 heterocycles. The van der Waals surface area contributed by atoms with Crippen LogP contribution in [0.25, 0.3) is 0 Å². The van der Waals surface area contributed by atoms with E-state index in [4.69, 9.17) is 16.3 Å². The van der Waals surface area contributed by atoms with E-state index in [-0.39, 0.29) is 16.7 Å². The highest BCUT2D eigenvalue weighted by atomic mass is 35.5. The van der Waals surface area contributed by atoms with Gasteiger partial charge in [-0.05, 0) is 18.1 Å². The molecule has 0 atom stereocenters. The van der Waals surface area contributed by atoms with Crippen molar-refractivity contribution in [2.24, 2.45) is 0 Å². The van der Waals surface area contributed by atoms with Crippen molar-refractivity contribution in [1.29, 1.82) is 0 Å². The predicted molar refractivity (Wildman–Crippen MR) is 57.1 cm³/mol. The molecule has 0 bridgehead atoms. The average Bonchev–Trinajstić information content (AvgIpc) is 2.14. The molecule has 5 heteroatoms. The summed E-state index contributed by atoms with van der Waals surface area (Å²) >= 11 is 5.83. The summed E-state index contributed by atoms with van der Waals surface area (Å²) in [4.78, 5) is 0. The standard InChI is InChI=1S/C11H12ClF3O/c1-6(2)10-8(12)4-7(11(13,14)15)5-9(10)16-3/h4-6H,1-3H3. The number of rotatable bonds is 2. The molecule has 0 aromatic heterocycles. The van der Waals surface area contributed by atoms with Crippen molar-refractivity contribution in [3.05, 3.63) is 28.3 Å². The van der Waals surface area contributed by atoms with Gasteiger partial charge in [0.2, 0.25) is 0 Å². The smallest absolute Gasteiger partial charge is 0.416 e. The van der Waals surface area contributed by atoms with Crippen molar-refractivity contribution in [1.82, 2.24) is 0 Å². The van der Waals surface area contributed by atoms with Gasteiger partial charge in [-0.1, -0.05) is 25.4 Å². The van der Waals surface area contributed by atoms with E-state index in [2.05, 4.69) is 0 Å². The zero-order valence-electron chi connectivity index (χ0n) is 9.15. The molecule has 1 rings (SSSR count). The number of halogens is 4. The number of methoxy groups -OCH3 is 1. The molecule has 0 unspecified atom stereocenters. The van der Waals surface area contributed by atoms with Gasteiger partial charge >= 0.3 is 6.18 Å². The molecule has 0 N–H and O–H groups in total. The molecule has 1 nitrogen and oxygen atoms in total. The fourth-order valence-electron chi connectivity index (χ4n) is 1.49.